The number of carbonyl (C=O) groups excluding carboxylic acids is 3. The van der Waals surface area contributed by atoms with Gasteiger partial charge in [0.05, 0.1) is 0 Å². The summed E-state index contributed by atoms with van der Waals surface area (Å²) in [5.41, 5.74) is 2.19. The van der Waals surface area contributed by atoms with E-state index in [9.17, 15) is 14.4 Å². The first-order chi connectivity index (χ1) is 14.5. The number of carbonyl (C=O) groups is 3. The van der Waals surface area contributed by atoms with Gasteiger partial charge in [-0.3, -0.25) is 9.59 Å². The number of nitrogens with one attached hydrogen (secondary N) is 1. The largest absolute Gasteiger partial charge is 0.456 e. The van der Waals surface area contributed by atoms with Crippen LogP contribution in [0.5, 0.6) is 0 Å². The van der Waals surface area contributed by atoms with Crippen LogP contribution in [0.3, 0.4) is 0 Å². The second kappa shape index (κ2) is 10.1. The van der Waals surface area contributed by atoms with E-state index in [4.69, 9.17) is 4.74 Å². The van der Waals surface area contributed by atoms with Gasteiger partial charge in [-0.1, -0.05) is 54.6 Å². The van der Waals surface area contributed by atoms with Gasteiger partial charge in [-0.25, -0.2) is 9.48 Å². The smallest absolute Gasteiger partial charge is 0.331 e. The van der Waals surface area contributed by atoms with Gasteiger partial charge < -0.3 is 10.1 Å². The van der Waals surface area contributed by atoms with Crippen molar-refractivity contribution in [3.63, 3.8) is 0 Å². The van der Waals surface area contributed by atoms with Crippen molar-refractivity contribution in [3.8, 4) is 0 Å². The summed E-state index contributed by atoms with van der Waals surface area (Å²) in [6, 6.07) is 15.4. The topological polar surface area (TPSA) is 116 Å². The molecule has 1 N–H and O–H groups in total. The second-order valence-electron chi connectivity index (χ2n) is 6.63. The molecule has 0 saturated carbocycles. The minimum absolute atomic E-state index is 0.130. The first kappa shape index (κ1) is 20.8. The van der Waals surface area contributed by atoms with Crippen LogP contribution in [0.1, 0.15) is 34.5 Å². The summed E-state index contributed by atoms with van der Waals surface area (Å²) >= 11 is 0. The molecule has 0 saturated heterocycles. The molecule has 2 aromatic carbocycles. The fraction of sp³-hybridized carbons (Fsp3) is 0.238. The summed E-state index contributed by atoms with van der Waals surface area (Å²) in [6.45, 7) is 1.43. The van der Waals surface area contributed by atoms with Gasteiger partial charge >= 0.3 is 5.97 Å². The Labute approximate surface area is 173 Å². The molecule has 1 aromatic heterocycles. The number of aromatic nitrogens is 4. The number of tetrazole rings is 1. The Morgan fingerprint density at radius 1 is 1.03 bits per heavy atom. The number of Topliss-reactive ketones (excluding diaryl/α,β-unsaturated/α-hetero) is 1. The van der Waals surface area contributed by atoms with Crippen LogP contribution in [0.15, 0.2) is 60.9 Å². The van der Waals surface area contributed by atoms with Gasteiger partial charge in [0.1, 0.15) is 6.33 Å². The molecule has 0 unspecified atom stereocenters. The van der Waals surface area contributed by atoms with Crippen molar-refractivity contribution in [2.45, 2.75) is 25.9 Å². The highest BCUT2D eigenvalue weighted by Crippen LogP contribution is 2.15. The second-order valence-corrected chi connectivity index (χ2v) is 6.63. The van der Waals surface area contributed by atoms with Gasteiger partial charge in [-0.05, 0) is 21.6 Å². The van der Waals surface area contributed by atoms with Gasteiger partial charge in [-0.2, -0.15) is 0 Å². The maximum absolute atomic E-state index is 12.7. The van der Waals surface area contributed by atoms with Crippen LogP contribution in [0, 0.1) is 0 Å². The van der Waals surface area contributed by atoms with E-state index in [1.165, 1.54) is 17.9 Å². The minimum atomic E-state index is -0.782. The average Bonchev–Trinajstić information content (AvgIpc) is 3.30. The zero-order valence-corrected chi connectivity index (χ0v) is 16.4. The zero-order chi connectivity index (χ0) is 21.3. The van der Waals surface area contributed by atoms with Gasteiger partial charge in [0.25, 0.3) is 0 Å². The molecule has 1 atom stereocenters. The monoisotopic (exact) mass is 407 g/mol. The molecule has 1 amide bonds. The fourth-order valence-electron chi connectivity index (χ4n) is 2.78. The van der Waals surface area contributed by atoms with E-state index in [-0.39, 0.29) is 11.7 Å². The molecular formula is C21H21N5O4. The number of benzene rings is 2. The van der Waals surface area contributed by atoms with Gasteiger partial charge in [0.15, 0.2) is 18.4 Å². The van der Waals surface area contributed by atoms with Crippen molar-refractivity contribution in [2.24, 2.45) is 0 Å². The summed E-state index contributed by atoms with van der Waals surface area (Å²) < 4.78 is 6.58. The molecular weight excluding hydrogens is 386 g/mol. The van der Waals surface area contributed by atoms with Crippen molar-refractivity contribution in [1.82, 2.24) is 25.5 Å². The third kappa shape index (κ3) is 5.81. The molecule has 9 nitrogen and oxygen atoms in total. The minimum Gasteiger partial charge on any atom is -0.456 e. The molecule has 0 spiro atoms. The van der Waals surface area contributed by atoms with Crippen molar-refractivity contribution in [2.75, 3.05) is 6.61 Å². The van der Waals surface area contributed by atoms with E-state index in [0.29, 0.717) is 18.5 Å². The lowest BCUT2D eigenvalue weighted by molar-refractivity contribution is -0.146. The lowest BCUT2D eigenvalue weighted by Crippen LogP contribution is -2.26. The number of nitrogens with zero attached hydrogens (tertiary/aromatic N) is 4. The fourth-order valence-corrected chi connectivity index (χ4v) is 2.78. The van der Waals surface area contributed by atoms with Crippen molar-refractivity contribution in [3.05, 3.63) is 77.6 Å². The summed E-state index contributed by atoms with van der Waals surface area (Å²) in [5.74, 6) is -1.05. The van der Waals surface area contributed by atoms with E-state index >= 15 is 0 Å². The summed E-state index contributed by atoms with van der Waals surface area (Å²) in [5, 5.41) is 13.6. The first-order valence-electron chi connectivity index (χ1n) is 9.32. The highest BCUT2D eigenvalue weighted by Gasteiger charge is 2.25. The van der Waals surface area contributed by atoms with Crippen LogP contribution in [-0.4, -0.2) is 44.5 Å². The summed E-state index contributed by atoms with van der Waals surface area (Å²) in [4.78, 5) is 36.0. The Kier molecular flexibility index (Phi) is 6.99. The lowest BCUT2D eigenvalue weighted by atomic mass is 10.1. The number of rotatable bonds is 9. The Bertz CT molecular complexity index is 988. The molecule has 0 bridgehead atoms. The number of hydrogen-bond acceptors (Lipinski definition) is 7. The molecule has 0 aliphatic heterocycles. The van der Waals surface area contributed by atoms with E-state index in [0.717, 1.165) is 11.1 Å². The molecule has 9 heteroatoms. The number of ether oxygens (including phenoxy) is 1. The normalized spacial score (nSPS) is 11.5. The quantitative estimate of drug-likeness (QED) is 0.422. The van der Waals surface area contributed by atoms with Crippen LogP contribution in [0.2, 0.25) is 0 Å². The van der Waals surface area contributed by atoms with E-state index in [1.807, 2.05) is 30.3 Å². The Balaban J connectivity index is 1.60. The standard InChI is InChI=1S/C21H21N5O4/c1-15(27)22-12-17-7-9-18(10-8-17)20(28)13-30-21(29)19(26-14-23-24-25-26)11-16-5-3-2-4-6-16/h2-10,14,19H,11-13H2,1H3,(H,22,27)/t19-/m0/s1. The van der Waals surface area contributed by atoms with Crippen LogP contribution in [0.25, 0.3) is 0 Å². The molecule has 3 rings (SSSR count). The van der Waals surface area contributed by atoms with Crippen molar-refractivity contribution >= 4 is 17.7 Å². The first-order valence-corrected chi connectivity index (χ1v) is 9.32. The molecule has 0 fully saturated rings. The Morgan fingerprint density at radius 3 is 2.40 bits per heavy atom. The summed E-state index contributed by atoms with van der Waals surface area (Å²) in [7, 11) is 0. The third-order valence-corrected chi connectivity index (χ3v) is 4.39. The van der Waals surface area contributed by atoms with Gasteiger partial charge in [-0.15, -0.1) is 5.10 Å². The molecule has 1 heterocycles. The average molecular weight is 407 g/mol. The van der Waals surface area contributed by atoms with Gasteiger partial charge in [0.2, 0.25) is 5.91 Å². The van der Waals surface area contributed by atoms with Crippen LogP contribution in [-0.2, 0) is 27.3 Å². The molecule has 154 valence electrons. The van der Waals surface area contributed by atoms with Gasteiger partial charge in [0, 0.05) is 25.5 Å². The zero-order valence-electron chi connectivity index (χ0n) is 16.4. The van der Waals surface area contributed by atoms with Crippen molar-refractivity contribution < 1.29 is 19.1 Å². The maximum Gasteiger partial charge on any atom is 0.331 e. The number of esters is 1. The predicted molar refractivity (Wildman–Crippen MR) is 106 cm³/mol. The number of ketones is 1. The van der Waals surface area contributed by atoms with Crippen LogP contribution >= 0.6 is 0 Å². The van der Waals surface area contributed by atoms with Crippen LogP contribution in [0.4, 0.5) is 0 Å². The lowest BCUT2D eigenvalue weighted by Gasteiger charge is -2.15. The van der Waals surface area contributed by atoms with E-state index in [2.05, 4.69) is 20.8 Å². The maximum atomic E-state index is 12.7. The number of hydrogen-bond donors (Lipinski definition) is 1. The third-order valence-electron chi connectivity index (χ3n) is 4.39. The SMILES string of the molecule is CC(=O)NCc1ccc(C(=O)COC(=O)[C@H](Cc2ccccc2)n2cnnn2)cc1. The highest BCUT2D eigenvalue weighted by atomic mass is 16.5. The molecule has 0 aliphatic rings. The Hall–Kier alpha value is -3.88. The molecule has 3 aromatic rings. The van der Waals surface area contributed by atoms with E-state index < -0.39 is 18.6 Å². The Morgan fingerprint density at radius 2 is 1.77 bits per heavy atom. The molecule has 30 heavy (non-hydrogen) atoms. The predicted octanol–water partition coefficient (Wildman–Crippen LogP) is 1.52. The molecule has 0 aliphatic carbocycles. The van der Waals surface area contributed by atoms with Crippen molar-refractivity contribution in [1.29, 1.82) is 0 Å². The summed E-state index contributed by atoms with van der Waals surface area (Å²) in [6.07, 6.45) is 1.67. The van der Waals surface area contributed by atoms with Crippen LogP contribution < -0.4 is 5.32 Å². The highest BCUT2D eigenvalue weighted by molar-refractivity contribution is 5.98. The van der Waals surface area contributed by atoms with E-state index in [1.54, 1.807) is 24.3 Å². The number of amides is 1. The molecule has 0 radical (unpaired) electrons.